The summed E-state index contributed by atoms with van der Waals surface area (Å²) in [7, 11) is 1.80. The standard InChI is InChI=1S/C31H35N2O/c1-19(2)14-22-15-21(4)33(6)28(16-22)30-20(3)12-13-24-26-17-25(23-10-8-7-9-11-23)27(32-5)18-29(26)34-31(24)30/h12-13,15-19,23H,7-11,14H2,1-4,6H3/q+1/i14D2,15D,16D,23D. The zero-order valence-electron chi connectivity index (χ0n) is 25.7. The second-order valence-electron chi connectivity index (χ2n) is 9.79. The molecular weight excluding hydrogens is 416 g/mol. The summed E-state index contributed by atoms with van der Waals surface area (Å²) in [6.07, 6.45) is 2.69. The van der Waals surface area contributed by atoms with Crippen LogP contribution in [0.4, 0.5) is 5.69 Å². The molecule has 3 heteroatoms. The van der Waals surface area contributed by atoms with Gasteiger partial charge in [-0.25, -0.2) is 4.85 Å². The molecule has 0 atom stereocenters. The molecule has 0 unspecified atom stereocenters. The van der Waals surface area contributed by atoms with Crippen molar-refractivity contribution in [1.29, 1.82) is 0 Å². The SMILES string of the molecule is [2H]c1c(C([2H])([2H])C(C)C)c([2H])c(-c2c(C)ccc3c2oc2cc([N+]#[C-])c(C4([2H])CCCCC4)cc23)[n+](C)c1C. The number of aromatic nitrogens is 1. The van der Waals surface area contributed by atoms with Crippen LogP contribution in [0.15, 0.2) is 40.8 Å². The van der Waals surface area contributed by atoms with E-state index >= 15 is 0 Å². The fraction of sp³-hybridized carbons (Fsp3) is 0.419. The first-order chi connectivity index (χ1) is 18.3. The van der Waals surface area contributed by atoms with Gasteiger partial charge >= 0.3 is 0 Å². The van der Waals surface area contributed by atoms with Crippen LogP contribution in [-0.2, 0) is 13.4 Å². The number of furan rings is 1. The molecule has 0 amide bonds. The minimum atomic E-state index is -1.86. The molecule has 0 aliphatic heterocycles. The van der Waals surface area contributed by atoms with Gasteiger partial charge in [0.1, 0.15) is 18.2 Å². The summed E-state index contributed by atoms with van der Waals surface area (Å²) in [5, 5.41) is 1.68. The summed E-state index contributed by atoms with van der Waals surface area (Å²) in [5.41, 5.74) is 5.04. The highest BCUT2D eigenvalue weighted by Gasteiger charge is 2.25. The van der Waals surface area contributed by atoms with Crippen LogP contribution in [0.5, 0.6) is 0 Å². The maximum atomic E-state index is 9.21. The van der Waals surface area contributed by atoms with Gasteiger partial charge < -0.3 is 4.42 Å². The molecule has 0 radical (unpaired) electrons. The Labute approximate surface area is 210 Å². The molecule has 1 fully saturated rings. The van der Waals surface area contributed by atoms with Crippen molar-refractivity contribution in [2.45, 2.75) is 72.1 Å². The van der Waals surface area contributed by atoms with E-state index in [-0.39, 0.29) is 17.6 Å². The van der Waals surface area contributed by atoms with Gasteiger partial charge in [0.15, 0.2) is 11.4 Å². The highest BCUT2D eigenvalue weighted by atomic mass is 16.3. The second kappa shape index (κ2) is 8.91. The summed E-state index contributed by atoms with van der Waals surface area (Å²) in [5.74, 6) is -1.21. The van der Waals surface area contributed by atoms with E-state index in [2.05, 4.69) is 4.85 Å². The van der Waals surface area contributed by atoms with Gasteiger partial charge in [0.25, 0.3) is 0 Å². The van der Waals surface area contributed by atoms with E-state index in [9.17, 15) is 2.74 Å². The number of fused-ring (bicyclic) bond motifs is 3. The van der Waals surface area contributed by atoms with Crippen LogP contribution in [0.25, 0.3) is 38.0 Å². The topological polar surface area (TPSA) is 21.4 Å². The Morgan fingerprint density at radius 3 is 2.65 bits per heavy atom. The van der Waals surface area contributed by atoms with E-state index in [1.165, 1.54) is 0 Å². The largest absolute Gasteiger partial charge is 0.456 e. The monoisotopic (exact) mass is 456 g/mol. The first-order valence-electron chi connectivity index (χ1n) is 14.7. The van der Waals surface area contributed by atoms with Crippen molar-refractivity contribution in [2.24, 2.45) is 13.0 Å². The molecule has 0 bridgehead atoms. The predicted octanol–water partition coefficient (Wildman–Crippen LogP) is 8.49. The van der Waals surface area contributed by atoms with Gasteiger partial charge in [0, 0.05) is 33.9 Å². The van der Waals surface area contributed by atoms with E-state index < -0.39 is 18.2 Å². The highest BCUT2D eigenvalue weighted by Crippen LogP contribution is 2.43. The Hall–Kier alpha value is -3.12. The van der Waals surface area contributed by atoms with E-state index in [1.807, 2.05) is 25.1 Å². The van der Waals surface area contributed by atoms with Gasteiger partial charge in [-0.3, -0.25) is 0 Å². The average Bonchev–Trinajstić information content (AvgIpc) is 3.25. The van der Waals surface area contributed by atoms with E-state index in [0.29, 0.717) is 33.8 Å². The third kappa shape index (κ3) is 3.90. The Morgan fingerprint density at radius 2 is 1.94 bits per heavy atom. The maximum Gasteiger partial charge on any atom is 0.216 e. The van der Waals surface area contributed by atoms with Crippen LogP contribution in [0, 0.1) is 26.3 Å². The molecule has 0 N–H and O–H groups in total. The van der Waals surface area contributed by atoms with Crippen LogP contribution in [0.1, 0.15) is 81.1 Å². The highest BCUT2D eigenvalue weighted by molar-refractivity contribution is 6.10. The predicted molar refractivity (Wildman–Crippen MR) is 140 cm³/mol. The molecule has 2 heterocycles. The van der Waals surface area contributed by atoms with Crippen molar-refractivity contribution in [3.05, 3.63) is 70.2 Å². The van der Waals surface area contributed by atoms with E-state index in [1.54, 1.807) is 38.5 Å². The maximum absolute atomic E-state index is 9.21. The van der Waals surface area contributed by atoms with Crippen LogP contribution in [0.3, 0.4) is 0 Å². The summed E-state index contributed by atoms with van der Waals surface area (Å²) >= 11 is 0. The van der Waals surface area contributed by atoms with Crippen molar-refractivity contribution < 1.29 is 15.8 Å². The van der Waals surface area contributed by atoms with Crippen LogP contribution in [0.2, 0.25) is 0 Å². The number of rotatable bonds is 4. The first-order valence-corrected chi connectivity index (χ1v) is 12.2. The van der Waals surface area contributed by atoms with Crippen LogP contribution >= 0.6 is 0 Å². The fourth-order valence-corrected chi connectivity index (χ4v) is 5.15. The molecule has 34 heavy (non-hydrogen) atoms. The number of benzene rings is 2. The van der Waals surface area contributed by atoms with Gasteiger partial charge in [-0.2, -0.15) is 4.57 Å². The molecule has 174 valence electrons. The molecule has 3 nitrogen and oxygen atoms in total. The Kier molecular flexibility index (Phi) is 4.54. The number of hydrogen-bond acceptors (Lipinski definition) is 1. The van der Waals surface area contributed by atoms with Crippen molar-refractivity contribution in [1.82, 2.24) is 0 Å². The van der Waals surface area contributed by atoms with Crippen molar-refractivity contribution in [2.75, 3.05) is 0 Å². The minimum Gasteiger partial charge on any atom is -0.456 e. The lowest BCUT2D eigenvalue weighted by Gasteiger charge is -2.23. The third-order valence-electron chi connectivity index (χ3n) is 6.98. The molecule has 5 rings (SSSR count). The number of pyridine rings is 1. The minimum absolute atomic E-state index is 0.0160. The average molecular weight is 457 g/mol. The summed E-state index contributed by atoms with van der Waals surface area (Å²) in [6.45, 7) is 15.1. The fourth-order valence-electron chi connectivity index (χ4n) is 5.15. The lowest BCUT2D eigenvalue weighted by Crippen LogP contribution is -2.35. The molecule has 1 saturated carbocycles. The van der Waals surface area contributed by atoms with Gasteiger partial charge in [-0.05, 0) is 60.7 Å². The third-order valence-corrected chi connectivity index (χ3v) is 6.98. The lowest BCUT2D eigenvalue weighted by atomic mass is 9.83. The quantitative estimate of drug-likeness (QED) is 0.223. The molecule has 1 aliphatic carbocycles. The normalized spacial score (nSPS) is 18.3. The van der Waals surface area contributed by atoms with Gasteiger partial charge in [-0.15, -0.1) is 0 Å². The zero-order valence-corrected chi connectivity index (χ0v) is 20.7. The number of hydrogen-bond donors (Lipinski definition) is 0. The smallest absolute Gasteiger partial charge is 0.216 e. The lowest BCUT2D eigenvalue weighted by molar-refractivity contribution is -0.666. The molecule has 1 aliphatic rings. The Bertz CT molecular complexity index is 1670. The molecular formula is C31H35N2O+. The molecule has 4 aromatic rings. The summed E-state index contributed by atoms with van der Waals surface area (Å²) in [4.78, 5) is 3.79. The molecule has 0 saturated heterocycles. The number of nitrogens with zero attached hydrogens (tertiary/aromatic N) is 2. The second-order valence-corrected chi connectivity index (χ2v) is 9.79. The number of aryl methyl sites for hydroxylation is 1. The van der Waals surface area contributed by atoms with E-state index in [4.69, 9.17) is 15.1 Å². The molecule has 2 aromatic carbocycles. The summed E-state index contributed by atoms with van der Waals surface area (Å²) < 4.78 is 52.9. The molecule has 0 spiro atoms. The van der Waals surface area contributed by atoms with Crippen molar-refractivity contribution in [3.63, 3.8) is 0 Å². The Balaban J connectivity index is 1.86. The Morgan fingerprint density at radius 1 is 1.18 bits per heavy atom. The van der Waals surface area contributed by atoms with E-state index in [0.717, 1.165) is 54.0 Å². The molecule has 2 aromatic heterocycles. The summed E-state index contributed by atoms with van der Waals surface area (Å²) in [6, 6.07) is 7.71. The van der Waals surface area contributed by atoms with Gasteiger partial charge in [-0.1, -0.05) is 51.3 Å². The van der Waals surface area contributed by atoms with Gasteiger partial charge in [0.05, 0.1) is 14.9 Å². The van der Waals surface area contributed by atoms with Gasteiger partial charge in [0.2, 0.25) is 5.69 Å². The van der Waals surface area contributed by atoms with Crippen molar-refractivity contribution >= 4 is 27.6 Å². The zero-order chi connectivity index (χ0) is 28.4. The van der Waals surface area contributed by atoms with Crippen molar-refractivity contribution in [3.8, 4) is 11.3 Å². The van der Waals surface area contributed by atoms with Crippen LogP contribution < -0.4 is 4.57 Å². The first kappa shape index (κ1) is 17.3. The van der Waals surface area contributed by atoms with Crippen LogP contribution in [-0.4, -0.2) is 0 Å².